The first kappa shape index (κ1) is 14.7. The van der Waals surface area contributed by atoms with E-state index in [1.807, 2.05) is 16.9 Å². The first-order valence-electron chi connectivity index (χ1n) is 7.27. The van der Waals surface area contributed by atoms with Crippen LogP contribution in [0.15, 0.2) is 24.7 Å². The van der Waals surface area contributed by atoms with Gasteiger partial charge in [-0.2, -0.15) is 5.10 Å². The van der Waals surface area contributed by atoms with Gasteiger partial charge in [-0.15, -0.1) is 0 Å². The molecule has 0 aliphatic carbocycles. The Bertz CT molecular complexity index is 535. The van der Waals surface area contributed by atoms with E-state index in [0.717, 1.165) is 37.4 Å². The molecule has 5 nitrogen and oxygen atoms in total. The summed E-state index contributed by atoms with van der Waals surface area (Å²) in [6.45, 7) is 8.15. The summed E-state index contributed by atoms with van der Waals surface area (Å²) in [5.74, 6) is 1.02. The molecule has 0 radical (unpaired) electrons. The van der Waals surface area contributed by atoms with E-state index in [2.05, 4.69) is 47.2 Å². The van der Waals surface area contributed by atoms with Gasteiger partial charge in [0.05, 0.1) is 0 Å². The molecule has 0 saturated carbocycles. The van der Waals surface area contributed by atoms with Crippen LogP contribution in [0.3, 0.4) is 0 Å². The van der Waals surface area contributed by atoms with Gasteiger partial charge in [0, 0.05) is 30.9 Å². The molecule has 2 aromatic rings. The van der Waals surface area contributed by atoms with Crippen LogP contribution in [0.5, 0.6) is 0 Å². The Morgan fingerprint density at radius 1 is 1.30 bits per heavy atom. The molecule has 108 valence electrons. The lowest BCUT2D eigenvalue weighted by Gasteiger charge is -2.20. The van der Waals surface area contributed by atoms with Crippen LogP contribution in [0, 0.1) is 6.92 Å². The van der Waals surface area contributed by atoms with Gasteiger partial charge < -0.3 is 5.32 Å². The van der Waals surface area contributed by atoms with Gasteiger partial charge in [-0.25, -0.2) is 4.98 Å². The van der Waals surface area contributed by atoms with Gasteiger partial charge in [-0.3, -0.25) is 9.67 Å². The van der Waals surface area contributed by atoms with Crippen molar-refractivity contribution in [2.75, 3.05) is 6.54 Å². The molecular weight excluding hydrogens is 250 g/mol. The van der Waals surface area contributed by atoms with Crippen LogP contribution in [-0.4, -0.2) is 26.3 Å². The summed E-state index contributed by atoms with van der Waals surface area (Å²) in [5, 5.41) is 7.84. The lowest BCUT2D eigenvalue weighted by atomic mass is 10.0. The molecule has 0 spiro atoms. The molecule has 0 aromatic carbocycles. The van der Waals surface area contributed by atoms with E-state index in [0.29, 0.717) is 0 Å². The van der Waals surface area contributed by atoms with E-state index < -0.39 is 0 Å². The van der Waals surface area contributed by atoms with Gasteiger partial charge in [0.15, 0.2) is 0 Å². The van der Waals surface area contributed by atoms with Crippen LogP contribution in [0.25, 0.3) is 0 Å². The highest BCUT2D eigenvalue weighted by molar-refractivity contribution is 5.23. The number of pyridine rings is 1. The molecule has 2 heterocycles. The number of hydrogen-bond acceptors (Lipinski definition) is 4. The molecule has 1 unspecified atom stereocenters. The third kappa shape index (κ3) is 3.42. The van der Waals surface area contributed by atoms with Crippen molar-refractivity contribution in [1.29, 1.82) is 0 Å². The van der Waals surface area contributed by atoms with E-state index in [4.69, 9.17) is 0 Å². The minimum absolute atomic E-state index is 0.234. The van der Waals surface area contributed by atoms with Crippen molar-refractivity contribution >= 4 is 0 Å². The molecule has 0 bridgehead atoms. The lowest BCUT2D eigenvalue weighted by Crippen LogP contribution is -2.26. The number of aromatic nitrogens is 4. The summed E-state index contributed by atoms with van der Waals surface area (Å²) < 4.78 is 1.95. The number of nitrogens with zero attached hydrogens (tertiary/aromatic N) is 4. The zero-order valence-electron chi connectivity index (χ0n) is 12.5. The van der Waals surface area contributed by atoms with Crippen LogP contribution in [0.4, 0.5) is 0 Å². The van der Waals surface area contributed by atoms with E-state index in [9.17, 15) is 0 Å². The number of nitrogens with one attached hydrogen (secondary N) is 1. The molecule has 2 rings (SSSR count). The fourth-order valence-corrected chi connectivity index (χ4v) is 2.37. The Hall–Kier alpha value is -1.75. The Morgan fingerprint density at radius 2 is 2.15 bits per heavy atom. The molecule has 5 heteroatoms. The van der Waals surface area contributed by atoms with Crippen LogP contribution < -0.4 is 5.32 Å². The van der Waals surface area contributed by atoms with Crippen LogP contribution in [0.1, 0.15) is 43.4 Å². The molecule has 1 atom stereocenters. The van der Waals surface area contributed by atoms with Crippen molar-refractivity contribution in [1.82, 2.24) is 25.1 Å². The standard InChI is InChI=1S/C15H23N5/c1-4-8-17-14(13-7-6-9-16-12(13)3)10-15-18-11-19-20(15)5-2/h6-7,9,11,14,17H,4-5,8,10H2,1-3H3. The second kappa shape index (κ2) is 7.14. The van der Waals surface area contributed by atoms with Gasteiger partial charge in [0.1, 0.15) is 12.2 Å². The molecule has 20 heavy (non-hydrogen) atoms. The van der Waals surface area contributed by atoms with E-state index >= 15 is 0 Å². The molecule has 0 saturated heterocycles. The maximum absolute atomic E-state index is 4.40. The lowest BCUT2D eigenvalue weighted by molar-refractivity contribution is 0.494. The molecule has 2 aromatic heterocycles. The number of hydrogen-bond donors (Lipinski definition) is 1. The maximum atomic E-state index is 4.40. The first-order valence-corrected chi connectivity index (χ1v) is 7.27. The average molecular weight is 273 g/mol. The SMILES string of the molecule is CCCNC(Cc1ncnn1CC)c1cccnc1C. The van der Waals surface area contributed by atoms with Gasteiger partial charge >= 0.3 is 0 Å². The Morgan fingerprint density at radius 3 is 2.85 bits per heavy atom. The largest absolute Gasteiger partial charge is 0.309 e. The van der Waals surface area contributed by atoms with Gasteiger partial charge in [0.2, 0.25) is 0 Å². The fourth-order valence-electron chi connectivity index (χ4n) is 2.37. The van der Waals surface area contributed by atoms with Crippen LogP contribution in [-0.2, 0) is 13.0 Å². The Kier molecular flexibility index (Phi) is 5.24. The smallest absolute Gasteiger partial charge is 0.138 e. The fraction of sp³-hybridized carbons (Fsp3) is 0.533. The monoisotopic (exact) mass is 273 g/mol. The minimum Gasteiger partial charge on any atom is -0.309 e. The van der Waals surface area contributed by atoms with Gasteiger partial charge in [0.25, 0.3) is 0 Å². The summed E-state index contributed by atoms with van der Waals surface area (Å²) in [6.07, 6.45) is 5.41. The van der Waals surface area contributed by atoms with Crippen molar-refractivity contribution in [2.24, 2.45) is 0 Å². The molecule has 0 aliphatic heterocycles. The van der Waals surface area contributed by atoms with Crippen molar-refractivity contribution in [3.63, 3.8) is 0 Å². The Balaban J connectivity index is 2.22. The van der Waals surface area contributed by atoms with Crippen molar-refractivity contribution < 1.29 is 0 Å². The van der Waals surface area contributed by atoms with Crippen LogP contribution in [0.2, 0.25) is 0 Å². The first-order chi connectivity index (χ1) is 9.76. The van der Waals surface area contributed by atoms with Gasteiger partial charge in [-0.05, 0) is 38.4 Å². The second-order valence-corrected chi connectivity index (χ2v) is 4.88. The minimum atomic E-state index is 0.234. The van der Waals surface area contributed by atoms with Crippen molar-refractivity contribution in [3.05, 3.63) is 41.7 Å². The summed E-state index contributed by atoms with van der Waals surface area (Å²) in [7, 11) is 0. The third-order valence-corrected chi connectivity index (χ3v) is 3.45. The molecule has 0 aliphatic rings. The summed E-state index contributed by atoms with van der Waals surface area (Å²) in [4.78, 5) is 8.78. The summed E-state index contributed by atoms with van der Waals surface area (Å²) in [6, 6.07) is 4.37. The highest BCUT2D eigenvalue weighted by Crippen LogP contribution is 2.19. The van der Waals surface area contributed by atoms with E-state index in [1.54, 1.807) is 6.33 Å². The molecule has 1 N–H and O–H groups in total. The quantitative estimate of drug-likeness (QED) is 0.841. The summed E-state index contributed by atoms with van der Waals surface area (Å²) in [5.41, 5.74) is 2.32. The molecule has 0 fully saturated rings. The maximum Gasteiger partial charge on any atom is 0.138 e. The van der Waals surface area contributed by atoms with Crippen LogP contribution >= 0.6 is 0 Å². The molecule has 0 amide bonds. The van der Waals surface area contributed by atoms with Gasteiger partial charge in [-0.1, -0.05) is 13.0 Å². The molecular formula is C15H23N5. The average Bonchev–Trinajstić information content (AvgIpc) is 2.91. The number of rotatable bonds is 7. The highest BCUT2D eigenvalue weighted by atomic mass is 15.3. The summed E-state index contributed by atoms with van der Waals surface area (Å²) >= 11 is 0. The zero-order chi connectivity index (χ0) is 14.4. The highest BCUT2D eigenvalue weighted by Gasteiger charge is 2.17. The second-order valence-electron chi connectivity index (χ2n) is 4.88. The van der Waals surface area contributed by atoms with Crippen molar-refractivity contribution in [3.8, 4) is 0 Å². The Labute approximate surface area is 120 Å². The number of aryl methyl sites for hydroxylation is 2. The van der Waals surface area contributed by atoms with E-state index in [1.165, 1.54) is 5.56 Å². The zero-order valence-corrected chi connectivity index (χ0v) is 12.5. The topological polar surface area (TPSA) is 55.6 Å². The predicted octanol–water partition coefficient (Wildman–Crippen LogP) is 2.28. The van der Waals surface area contributed by atoms with E-state index in [-0.39, 0.29) is 6.04 Å². The normalized spacial score (nSPS) is 12.6. The van der Waals surface area contributed by atoms with Crippen molar-refractivity contribution in [2.45, 2.75) is 46.2 Å². The predicted molar refractivity (Wildman–Crippen MR) is 79.4 cm³/mol. The third-order valence-electron chi connectivity index (χ3n) is 3.45.